The molecule has 1 amide bonds. The molecule has 7 nitrogen and oxygen atoms in total. The molecule has 0 aliphatic carbocycles. The highest BCUT2D eigenvalue weighted by Gasteiger charge is 2.20. The van der Waals surface area contributed by atoms with Crippen molar-refractivity contribution in [1.29, 1.82) is 0 Å². The molecule has 2 aromatic heterocycles. The van der Waals surface area contributed by atoms with Gasteiger partial charge in [0.25, 0.3) is 0 Å². The number of nitrogens with one attached hydrogen (secondary N) is 1. The van der Waals surface area contributed by atoms with Gasteiger partial charge in [-0.2, -0.15) is 4.73 Å². The summed E-state index contributed by atoms with van der Waals surface area (Å²) in [6.07, 6.45) is 5.71. The molecule has 0 aliphatic rings. The minimum Gasteiger partial charge on any atom is -0.465 e. The zero-order valence-electron chi connectivity index (χ0n) is 19.3. The number of halogens is 1. The predicted molar refractivity (Wildman–Crippen MR) is 137 cm³/mol. The average Bonchev–Trinajstić information content (AvgIpc) is 3.18. The maximum Gasteiger partial charge on any atom is 0.404 e. The van der Waals surface area contributed by atoms with E-state index in [1.54, 1.807) is 0 Å². The Morgan fingerprint density at radius 2 is 1.85 bits per heavy atom. The van der Waals surface area contributed by atoms with E-state index in [4.69, 9.17) is 14.9 Å². The fourth-order valence-corrected chi connectivity index (χ4v) is 4.07. The van der Waals surface area contributed by atoms with Crippen molar-refractivity contribution < 1.29 is 14.7 Å². The lowest BCUT2D eigenvalue weighted by Gasteiger charge is -2.22. The molecule has 4 aromatic rings. The molecular weight excluding hydrogens is 452 g/mol. The Bertz CT molecular complexity index is 1210. The van der Waals surface area contributed by atoms with Crippen LogP contribution in [0.1, 0.15) is 44.0 Å². The number of rotatable bonds is 11. The molecule has 34 heavy (non-hydrogen) atoms. The van der Waals surface area contributed by atoms with E-state index in [2.05, 4.69) is 35.4 Å². The van der Waals surface area contributed by atoms with Crippen LogP contribution in [-0.2, 0) is 12.8 Å². The number of imidazole rings is 1. The third kappa shape index (κ3) is 6.17. The van der Waals surface area contributed by atoms with Crippen molar-refractivity contribution in [1.82, 2.24) is 20.0 Å². The summed E-state index contributed by atoms with van der Waals surface area (Å²) >= 11 is 0. The van der Waals surface area contributed by atoms with Crippen LogP contribution in [0.25, 0.3) is 21.9 Å². The summed E-state index contributed by atoms with van der Waals surface area (Å²) in [5.74, 6) is 0.895. The minimum atomic E-state index is -1.00. The zero-order valence-corrected chi connectivity index (χ0v) is 20.1. The van der Waals surface area contributed by atoms with E-state index in [0.29, 0.717) is 19.4 Å². The molecule has 0 fully saturated rings. The largest absolute Gasteiger partial charge is 0.465 e. The first-order chi connectivity index (χ1) is 16.2. The molecule has 0 aliphatic heterocycles. The number of carbonyl (C=O) groups is 1. The molecule has 0 saturated carbocycles. The van der Waals surface area contributed by atoms with Crippen LogP contribution in [0.5, 0.6) is 0 Å². The molecule has 0 radical (unpaired) electrons. The van der Waals surface area contributed by atoms with Gasteiger partial charge in [0.15, 0.2) is 0 Å². The van der Waals surface area contributed by atoms with Crippen molar-refractivity contribution in [3.8, 4) is 0 Å². The highest BCUT2D eigenvalue weighted by atomic mass is 35.5. The summed E-state index contributed by atoms with van der Waals surface area (Å²) in [7, 11) is 0. The average molecular weight is 483 g/mol. The van der Waals surface area contributed by atoms with Crippen LogP contribution in [0.2, 0.25) is 0 Å². The van der Waals surface area contributed by atoms with Crippen molar-refractivity contribution in [3.63, 3.8) is 0 Å². The molecule has 8 heteroatoms. The summed E-state index contributed by atoms with van der Waals surface area (Å²) in [5.41, 5.74) is 3.85. The third-order valence-electron chi connectivity index (χ3n) is 5.71. The van der Waals surface area contributed by atoms with Gasteiger partial charge in [-0.3, -0.25) is 4.98 Å². The van der Waals surface area contributed by atoms with Crippen LogP contribution in [0.3, 0.4) is 0 Å². The van der Waals surface area contributed by atoms with Crippen LogP contribution in [-0.4, -0.2) is 38.5 Å². The van der Waals surface area contributed by atoms with E-state index in [9.17, 15) is 4.79 Å². The predicted octanol–water partition coefficient (Wildman–Crippen LogP) is 5.44. The standard InChI is InChI=1S/C26H30N4O3.ClH/c1-2-3-15-24-29-23-18-28-22-14-8-7-13-21(22)25(23)30(24)33-20(12-9-16-27-26(31)32)17-19-10-5-4-6-11-19;/h4-8,10-11,13-14,18,20,27H,2-3,9,12,15-17H2,1H3,(H,31,32);1H. The summed E-state index contributed by atoms with van der Waals surface area (Å²) in [4.78, 5) is 27.0. The number of benzene rings is 2. The molecule has 1 atom stereocenters. The van der Waals surface area contributed by atoms with E-state index < -0.39 is 6.09 Å². The second kappa shape index (κ2) is 12.2. The van der Waals surface area contributed by atoms with Gasteiger partial charge in [0.2, 0.25) is 0 Å². The van der Waals surface area contributed by atoms with Gasteiger partial charge < -0.3 is 15.3 Å². The van der Waals surface area contributed by atoms with Crippen molar-refractivity contribution in [2.45, 2.75) is 51.6 Å². The molecule has 0 saturated heterocycles. The Morgan fingerprint density at radius 1 is 1.09 bits per heavy atom. The molecule has 2 N–H and O–H groups in total. The highest BCUT2D eigenvalue weighted by molar-refractivity contribution is 6.02. The van der Waals surface area contributed by atoms with E-state index >= 15 is 0 Å². The zero-order chi connectivity index (χ0) is 23.0. The number of aryl methyl sites for hydroxylation is 1. The first-order valence-electron chi connectivity index (χ1n) is 11.6. The van der Waals surface area contributed by atoms with E-state index in [0.717, 1.165) is 53.4 Å². The second-order valence-corrected chi connectivity index (χ2v) is 8.23. The fourth-order valence-electron chi connectivity index (χ4n) is 4.07. The van der Waals surface area contributed by atoms with Crippen molar-refractivity contribution >= 4 is 40.4 Å². The lowest BCUT2D eigenvalue weighted by atomic mass is 10.0. The quantitative estimate of drug-likeness (QED) is 0.278. The molecule has 180 valence electrons. The number of fused-ring (bicyclic) bond motifs is 3. The number of pyridine rings is 1. The van der Waals surface area contributed by atoms with Gasteiger partial charge in [-0.25, -0.2) is 9.78 Å². The number of aromatic nitrogens is 3. The molecule has 0 spiro atoms. The van der Waals surface area contributed by atoms with Gasteiger partial charge in [-0.15, -0.1) is 12.4 Å². The Kier molecular flexibility index (Phi) is 9.10. The van der Waals surface area contributed by atoms with Crippen molar-refractivity contribution in [3.05, 3.63) is 72.2 Å². The van der Waals surface area contributed by atoms with Gasteiger partial charge in [0.05, 0.1) is 11.7 Å². The molecule has 4 rings (SSSR count). The number of carboxylic acid groups (broad SMARTS) is 1. The summed E-state index contributed by atoms with van der Waals surface area (Å²) in [5, 5.41) is 12.4. The number of hydrogen-bond acceptors (Lipinski definition) is 4. The van der Waals surface area contributed by atoms with E-state index in [1.165, 1.54) is 5.56 Å². The van der Waals surface area contributed by atoms with Gasteiger partial charge >= 0.3 is 6.09 Å². The Morgan fingerprint density at radius 3 is 2.62 bits per heavy atom. The summed E-state index contributed by atoms with van der Waals surface area (Å²) < 4.78 is 1.91. The first-order valence-corrected chi connectivity index (χ1v) is 11.6. The van der Waals surface area contributed by atoms with Crippen LogP contribution >= 0.6 is 12.4 Å². The number of unbranched alkanes of at least 4 members (excludes halogenated alkanes) is 1. The number of hydrogen-bond donors (Lipinski definition) is 2. The molecular formula is C26H31ClN4O3. The molecule has 0 bridgehead atoms. The normalized spacial score (nSPS) is 11.8. The number of para-hydroxylation sites is 1. The lowest BCUT2D eigenvalue weighted by molar-refractivity contribution is 0.0329. The van der Waals surface area contributed by atoms with Crippen LogP contribution < -0.4 is 10.2 Å². The fraction of sp³-hybridized carbons (Fsp3) is 0.346. The van der Waals surface area contributed by atoms with Gasteiger partial charge in [0.1, 0.15) is 23.0 Å². The van der Waals surface area contributed by atoms with Crippen molar-refractivity contribution in [2.24, 2.45) is 0 Å². The minimum absolute atomic E-state index is 0. The van der Waals surface area contributed by atoms with Crippen LogP contribution in [0.4, 0.5) is 4.79 Å². The Balaban J connectivity index is 0.00000324. The maximum atomic E-state index is 10.8. The summed E-state index contributed by atoms with van der Waals surface area (Å²) in [6.45, 7) is 2.56. The Labute approximate surface area is 205 Å². The van der Waals surface area contributed by atoms with E-state index in [-0.39, 0.29) is 18.5 Å². The smallest absolute Gasteiger partial charge is 0.404 e. The second-order valence-electron chi connectivity index (χ2n) is 8.23. The van der Waals surface area contributed by atoms with Gasteiger partial charge in [-0.05, 0) is 30.9 Å². The van der Waals surface area contributed by atoms with Crippen LogP contribution in [0.15, 0.2) is 60.8 Å². The first kappa shape index (κ1) is 25.3. The Hall–Kier alpha value is -3.32. The maximum absolute atomic E-state index is 10.8. The highest BCUT2D eigenvalue weighted by Crippen LogP contribution is 2.25. The van der Waals surface area contributed by atoms with Crippen molar-refractivity contribution in [2.75, 3.05) is 6.54 Å². The molecule has 2 heterocycles. The third-order valence-corrected chi connectivity index (χ3v) is 5.71. The lowest BCUT2D eigenvalue weighted by Crippen LogP contribution is -2.30. The SMILES string of the molecule is CCCCc1nc2cnc3ccccc3c2n1OC(CCCNC(=O)O)Cc1ccccc1.Cl. The number of nitrogens with zero attached hydrogens (tertiary/aromatic N) is 3. The van der Waals surface area contributed by atoms with Gasteiger partial charge in [0, 0.05) is 24.8 Å². The topological polar surface area (TPSA) is 89.3 Å². The van der Waals surface area contributed by atoms with E-state index in [1.807, 2.05) is 47.3 Å². The van der Waals surface area contributed by atoms with Crippen LogP contribution in [0, 0.1) is 0 Å². The monoisotopic (exact) mass is 482 g/mol. The molecule has 2 aromatic carbocycles. The molecule has 1 unspecified atom stereocenters. The number of amides is 1. The van der Waals surface area contributed by atoms with Gasteiger partial charge in [-0.1, -0.05) is 61.9 Å². The summed E-state index contributed by atoms with van der Waals surface area (Å²) in [6, 6.07) is 18.3.